The van der Waals surface area contributed by atoms with Crippen molar-refractivity contribution in [1.29, 1.82) is 0 Å². The predicted octanol–water partition coefficient (Wildman–Crippen LogP) is 0.628. The van der Waals surface area contributed by atoms with Gasteiger partial charge >= 0.3 is 6.98 Å². The lowest BCUT2D eigenvalue weighted by Gasteiger charge is -2.12. The van der Waals surface area contributed by atoms with E-state index < -0.39 is 12.6 Å². The summed E-state index contributed by atoms with van der Waals surface area (Å²) in [5.41, 5.74) is -0.508. The van der Waals surface area contributed by atoms with Gasteiger partial charge in [-0.3, -0.25) is 4.98 Å². The van der Waals surface area contributed by atoms with Gasteiger partial charge in [0.05, 0.1) is 6.61 Å². The van der Waals surface area contributed by atoms with Gasteiger partial charge in [0.1, 0.15) is 0 Å². The predicted molar refractivity (Wildman–Crippen MR) is 38.9 cm³/mol. The lowest BCUT2D eigenvalue weighted by atomic mass is 9.85. The number of rotatable bonds is 2. The Morgan fingerprint density at radius 1 is 1.33 bits per heavy atom. The number of aliphatic hydroxyl groups is 1. The topological polar surface area (TPSA) is 33.1 Å². The van der Waals surface area contributed by atoms with Crippen LogP contribution < -0.4 is 5.59 Å². The van der Waals surface area contributed by atoms with Gasteiger partial charge in [0, 0.05) is 6.20 Å². The summed E-state index contributed by atoms with van der Waals surface area (Å²) >= 11 is 0. The van der Waals surface area contributed by atoms with E-state index in [0.29, 0.717) is 5.56 Å². The van der Waals surface area contributed by atoms with E-state index >= 15 is 0 Å². The van der Waals surface area contributed by atoms with Gasteiger partial charge in [0.2, 0.25) is 0 Å². The van der Waals surface area contributed by atoms with Crippen molar-refractivity contribution in [2.75, 3.05) is 0 Å². The molecule has 0 aromatic carbocycles. The van der Waals surface area contributed by atoms with Crippen LogP contribution in [0.5, 0.6) is 0 Å². The zero-order chi connectivity index (χ0) is 9.19. The monoisotopic (exact) mass is 176 g/mol. The molecule has 12 heavy (non-hydrogen) atoms. The summed E-state index contributed by atoms with van der Waals surface area (Å²) in [5, 5.41) is 8.52. The van der Waals surface area contributed by atoms with Crippen molar-refractivity contribution in [3.05, 3.63) is 23.9 Å². The van der Waals surface area contributed by atoms with E-state index in [9.17, 15) is 12.9 Å². The third kappa shape index (κ3) is 1.98. The Labute approximate surface area is 67.1 Å². The van der Waals surface area contributed by atoms with Crippen LogP contribution in [0, 0.1) is 0 Å². The van der Waals surface area contributed by atoms with Crippen LogP contribution in [0.3, 0.4) is 0 Å². The molecule has 0 bridgehead atoms. The third-order valence-corrected chi connectivity index (χ3v) is 1.37. The van der Waals surface area contributed by atoms with Crippen molar-refractivity contribution in [1.82, 2.24) is 4.98 Å². The second kappa shape index (κ2) is 3.14. The highest BCUT2D eigenvalue weighted by Gasteiger charge is 2.26. The number of pyridine rings is 1. The number of aliphatic hydroxyl groups excluding tert-OH is 1. The van der Waals surface area contributed by atoms with Gasteiger partial charge in [-0.2, -0.15) is 0 Å². The molecule has 1 aromatic heterocycles. The van der Waals surface area contributed by atoms with Crippen molar-refractivity contribution in [3.8, 4) is 0 Å². The Morgan fingerprint density at radius 2 is 2.00 bits per heavy atom. The van der Waals surface area contributed by atoms with Gasteiger partial charge in [-0.1, -0.05) is 12.1 Å². The normalized spacial score (nSPS) is 11.7. The van der Waals surface area contributed by atoms with Crippen LogP contribution in [0.15, 0.2) is 18.3 Å². The first-order valence-electron chi connectivity index (χ1n) is 3.29. The quantitative estimate of drug-likeness (QED) is 0.670. The summed E-state index contributed by atoms with van der Waals surface area (Å²) in [6.45, 7) is -5.31. The molecule has 0 fully saturated rings. The van der Waals surface area contributed by atoms with Crippen LogP contribution in [0.2, 0.25) is 0 Å². The Hall–Kier alpha value is -1.04. The first-order chi connectivity index (χ1) is 5.54. The summed E-state index contributed by atoms with van der Waals surface area (Å²) in [6, 6.07) is 2.07. The average molecular weight is 176 g/mol. The van der Waals surface area contributed by atoms with Crippen molar-refractivity contribution in [3.63, 3.8) is 0 Å². The van der Waals surface area contributed by atoms with Crippen LogP contribution in [0.25, 0.3) is 0 Å². The van der Waals surface area contributed by atoms with Gasteiger partial charge < -0.3 is 18.1 Å². The van der Waals surface area contributed by atoms with Crippen LogP contribution in [0.4, 0.5) is 12.9 Å². The summed E-state index contributed by atoms with van der Waals surface area (Å²) in [6.07, 6.45) is 1.02. The maximum absolute atomic E-state index is 12.0. The van der Waals surface area contributed by atoms with Crippen LogP contribution in [-0.4, -0.2) is 17.1 Å². The Morgan fingerprint density at radius 3 is 2.33 bits per heavy atom. The highest BCUT2D eigenvalue weighted by molar-refractivity contribution is 6.72. The molecule has 0 radical (unpaired) electrons. The first-order valence-corrected chi connectivity index (χ1v) is 3.29. The minimum atomic E-state index is -5.02. The summed E-state index contributed by atoms with van der Waals surface area (Å²) in [7, 11) is 0. The van der Waals surface area contributed by atoms with Crippen LogP contribution in [0.1, 0.15) is 5.56 Å². The van der Waals surface area contributed by atoms with Crippen molar-refractivity contribution in [2.24, 2.45) is 0 Å². The van der Waals surface area contributed by atoms with E-state index in [1.165, 1.54) is 6.07 Å². The third-order valence-electron chi connectivity index (χ3n) is 1.37. The molecule has 0 saturated carbocycles. The fourth-order valence-corrected chi connectivity index (χ4v) is 0.723. The molecule has 2 nitrogen and oxygen atoms in total. The first kappa shape index (κ1) is 9.06. The minimum Gasteiger partial charge on any atom is -0.444 e. The maximum atomic E-state index is 12.0. The van der Waals surface area contributed by atoms with Crippen LogP contribution >= 0.6 is 0 Å². The van der Waals surface area contributed by atoms with Gasteiger partial charge in [-0.15, -0.1) is 0 Å². The molecule has 66 valence electrons. The standard InChI is InChI=1S/C6H6BF3NO/c8-7(9,10)6-2-1-5(4-12)3-11-6/h1-3,12H,4H2/q-1. The molecular formula is C6H6BF3NO-. The molecule has 1 heterocycles. The molecule has 0 aliphatic carbocycles. The van der Waals surface area contributed by atoms with Crippen molar-refractivity contribution >= 4 is 12.6 Å². The molecular weight excluding hydrogens is 170 g/mol. The Bertz CT molecular complexity index is 258. The molecule has 0 unspecified atom stereocenters. The van der Waals surface area contributed by atoms with Gasteiger partial charge in [0.15, 0.2) is 0 Å². The maximum Gasteiger partial charge on any atom is 0.527 e. The Kier molecular flexibility index (Phi) is 2.37. The average Bonchev–Trinajstić information content (AvgIpc) is 2.03. The highest BCUT2D eigenvalue weighted by atomic mass is 19.4. The molecule has 0 aliphatic heterocycles. The molecule has 0 amide bonds. The summed E-state index contributed by atoms with van der Waals surface area (Å²) in [5.74, 6) is 0. The second-order valence-corrected chi connectivity index (χ2v) is 2.32. The second-order valence-electron chi connectivity index (χ2n) is 2.32. The lowest BCUT2D eigenvalue weighted by molar-refractivity contribution is 0.281. The van der Waals surface area contributed by atoms with E-state index in [4.69, 9.17) is 5.11 Å². The minimum absolute atomic E-state index is 0.294. The summed E-state index contributed by atoms with van der Waals surface area (Å²) < 4.78 is 35.9. The number of halogens is 3. The molecule has 0 spiro atoms. The molecule has 1 aromatic rings. The highest BCUT2D eigenvalue weighted by Crippen LogP contribution is 2.07. The van der Waals surface area contributed by atoms with Gasteiger partial charge in [-0.25, -0.2) is 0 Å². The van der Waals surface area contributed by atoms with E-state index in [1.54, 1.807) is 0 Å². The molecule has 0 aliphatic rings. The number of aromatic nitrogens is 1. The van der Waals surface area contributed by atoms with Crippen LogP contribution in [-0.2, 0) is 6.61 Å². The Balaban J connectivity index is 2.93. The summed E-state index contributed by atoms with van der Waals surface area (Å²) in [4.78, 5) is 3.16. The molecule has 1 rings (SSSR count). The SMILES string of the molecule is OCc1ccc([B-](F)(F)F)nc1. The zero-order valence-corrected chi connectivity index (χ0v) is 6.04. The smallest absolute Gasteiger partial charge is 0.444 e. The molecule has 1 N–H and O–H groups in total. The fraction of sp³-hybridized carbons (Fsp3) is 0.167. The largest absolute Gasteiger partial charge is 0.527 e. The molecule has 0 atom stereocenters. The lowest BCUT2D eigenvalue weighted by Crippen LogP contribution is -2.36. The van der Waals surface area contributed by atoms with E-state index in [0.717, 1.165) is 12.3 Å². The van der Waals surface area contributed by atoms with E-state index in [2.05, 4.69) is 4.98 Å². The van der Waals surface area contributed by atoms with E-state index in [1.807, 2.05) is 0 Å². The zero-order valence-electron chi connectivity index (χ0n) is 6.04. The number of nitrogens with zero attached hydrogens (tertiary/aromatic N) is 1. The van der Waals surface area contributed by atoms with Gasteiger partial charge in [-0.05, 0) is 11.2 Å². The molecule has 0 saturated heterocycles. The number of hydrogen-bond donors (Lipinski definition) is 1. The van der Waals surface area contributed by atoms with E-state index in [-0.39, 0.29) is 6.61 Å². The van der Waals surface area contributed by atoms with Crippen molar-refractivity contribution < 1.29 is 18.1 Å². The van der Waals surface area contributed by atoms with Crippen molar-refractivity contribution in [2.45, 2.75) is 6.61 Å². The molecule has 6 heteroatoms. The number of hydrogen-bond acceptors (Lipinski definition) is 2. The fourth-order valence-electron chi connectivity index (χ4n) is 0.723. The van der Waals surface area contributed by atoms with Gasteiger partial charge in [0.25, 0.3) is 0 Å².